The second-order valence-corrected chi connectivity index (χ2v) is 5.73. The number of alkyl halides is 4. The molecule has 6 heteroatoms. The molecule has 0 unspecified atom stereocenters. The van der Waals surface area contributed by atoms with Crippen LogP contribution in [0.25, 0.3) is 11.1 Å². The Hall–Kier alpha value is -2.11. The normalized spacial score (nSPS) is 11.9. The summed E-state index contributed by atoms with van der Waals surface area (Å²) < 4.78 is 71.0. The molecule has 2 rings (SSSR count). The van der Waals surface area contributed by atoms with E-state index in [1.807, 2.05) is 0 Å². The van der Waals surface area contributed by atoms with Crippen molar-refractivity contribution in [3.8, 4) is 16.9 Å². The maximum atomic E-state index is 14.1. The maximum absolute atomic E-state index is 14.1. The summed E-state index contributed by atoms with van der Waals surface area (Å²) in [5.74, 6) is -0.469. The Kier molecular flexibility index (Phi) is 5.16. The molecule has 24 heavy (non-hydrogen) atoms. The van der Waals surface area contributed by atoms with Gasteiger partial charge in [-0.1, -0.05) is 19.9 Å². The molecule has 0 aliphatic carbocycles. The molecule has 0 fully saturated rings. The number of methoxy groups -OCH3 is 1. The predicted molar refractivity (Wildman–Crippen MR) is 82.3 cm³/mol. The van der Waals surface area contributed by atoms with Crippen LogP contribution in [-0.2, 0) is 12.9 Å². The minimum Gasteiger partial charge on any atom is -0.496 e. The van der Waals surface area contributed by atoms with Crippen molar-refractivity contribution in [2.45, 2.75) is 32.6 Å². The molecule has 1 nitrogen and oxygen atoms in total. The van der Waals surface area contributed by atoms with E-state index in [9.17, 15) is 22.0 Å². The Morgan fingerprint density at radius 3 is 2.21 bits per heavy atom. The summed E-state index contributed by atoms with van der Waals surface area (Å²) in [4.78, 5) is 0. The van der Waals surface area contributed by atoms with Crippen LogP contribution in [0.15, 0.2) is 30.3 Å². The van der Waals surface area contributed by atoms with Gasteiger partial charge in [0.25, 0.3) is 0 Å². The lowest BCUT2D eigenvalue weighted by Crippen LogP contribution is -2.06. The minimum absolute atomic E-state index is 0.121. The van der Waals surface area contributed by atoms with Crippen molar-refractivity contribution < 1.29 is 26.7 Å². The Balaban J connectivity index is 2.69. The molecule has 130 valence electrons. The van der Waals surface area contributed by atoms with Crippen molar-refractivity contribution in [3.05, 3.63) is 52.8 Å². The smallest absolute Gasteiger partial charge is 0.416 e. The fourth-order valence-electron chi connectivity index (χ4n) is 2.54. The average Bonchev–Trinajstić information content (AvgIpc) is 2.52. The van der Waals surface area contributed by atoms with Gasteiger partial charge < -0.3 is 4.74 Å². The molecule has 0 saturated heterocycles. The van der Waals surface area contributed by atoms with Gasteiger partial charge in [-0.2, -0.15) is 13.2 Å². The molecule has 0 heterocycles. The predicted octanol–water partition coefficient (Wildman–Crippen LogP) is 6.11. The van der Waals surface area contributed by atoms with Gasteiger partial charge in [-0.25, -0.2) is 8.78 Å². The zero-order valence-electron chi connectivity index (χ0n) is 13.5. The number of hydrogen-bond donors (Lipinski definition) is 0. The Bertz CT molecular complexity index is 735. The van der Waals surface area contributed by atoms with Crippen LogP contribution in [0.1, 0.15) is 36.5 Å². The third kappa shape index (κ3) is 3.52. The minimum atomic E-state index is -4.56. The molecule has 0 bridgehead atoms. The van der Waals surface area contributed by atoms with E-state index in [4.69, 9.17) is 4.74 Å². The molecule has 0 amide bonds. The van der Waals surface area contributed by atoms with E-state index in [0.717, 1.165) is 12.1 Å². The van der Waals surface area contributed by atoms with E-state index in [1.165, 1.54) is 25.3 Å². The summed E-state index contributed by atoms with van der Waals surface area (Å²) in [5, 5.41) is 0. The van der Waals surface area contributed by atoms with Gasteiger partial charge in [-0.15, -0.1) is 0 Å². The van der Waals surface area contributed by atoms with E-state index < -0.39 is 24.2 Å². The molecule has 0 radical (unpaired) electrons. The van der Waals surface area contributed by atoms with Crippen molar-refractivity contribution >= 4 is 0 Å². The molecular formula is C18H17F5O. The van der Waals surface area contributed by atoms with Gasteiger partial charge in [0.15, 0.2) is 0 Å². The summed E-state index contributed by atoms with van der Waals surface area (Å²) in [6.45, 7) is 2.51. The second-order valence-electron chi connectivity index (χ2n) is 5.73. The number of rotatable bonds is 4. The van der Waals surface area contributed by atoms with Gasteiger partial charge in [0, 0.05) is 11.6 Å². The van der Waals surface area contributed by atoms with Crippen LogP contribution in [-0.4, -0.2) is 7.11 Å². The molecule has 0 spiro atoms. The molecule has 0 atom stereocenters. The van der Waals surface area contributed by atoms with Gasteiger partial charge in [0.1, 0.15) is 18.2 Å². The van der Waals surface area contributed by atoms with Crippen molar-refractivity contribution in [2.75, 3.05) is 7.11 Å². The molecule has 2 aromatic carbocycles. The standard InChI is InChI=1S/C18H17F5O/c1-10(2)14-7-15(17(24-3)8-16(14)20)13-5-4-12(18(21,22)23)6-11(13)9-19/h4-8,10H,9H2,1-3H3. The van der Waals surface area contributed by atoms with E-state index in [-0.39, 0.29) is 22.8 Å². The van der Waals surface area contributed by atoms with Crippen LogP contribution in [0, 0.1) is 5.82 Å². The Morgan fingerprint density at radius 1 is 1.04 bits per heavy atom. The quantitative estimate of drug-likeness (QED) is 0.608. The first-order valence-corrected chi connectivity index (χ1v) is 7.33. The van der Waals surface area contributed by atoms with Gasteiger partial charge >= 0.3 is 6.18 Å². The van der Waals surface area contributed by atoms with Crippen molar-refractivity contribution in [1.29, 1.82) is 0 Å². The van der Waals surface area contributed by atoms with Crippen LogP contribution in [0.5, 0.6) is 5.75 Å². The Labute approximate surface area is 137 Å². The molecule has 0 aliphatic rings. The fraction of sp³-hybridized carbons (Fsp3) is 0.333. The van der Waals surface area contributed by atoms with E-state index in [2.05, 4.69) is 0 Å². The second kappa shape index (κ2) is 6.79. The third-order valence-electron chi connectivity index (χ3n) is 3.81. The number of hydrogen-bond acceptors (Lipinski definition) is 1. The average molecular weight is 344 g/mol. The van der Waals surface area contributed by atoms with Crippen molar-refractivity contribution in [2.24, 2.45) is 0 Å². The Morgan fingerprint density at radius 2 is 1.71 bits per heavy atom. The molecule has 0 saturated carbocycles. The van der Waals surface area contributed by atoms with Crippen LogP contribution < -0.4 is 4.74 Å². The van der Waals surface area contributed by atoms with Crippen LogP contribution in [0.4, 0.5) is 22.0 Å². The van der Waals surface area contributed by atoms with Gasteiger partial charge in [0.2, 0.25) is 0 Å². The van der Waals surface area contributed by atoms with Gasteiger partial charge in [-0.3, -0.25) is 0 Å². The highest BCUT2D eigenvalue weighted by molar-refractivity contribution is 5.74. The molecule has 2 aromatic rings. The first kappa shape index (κ1) is 18.2. The summed E-state index contributed by atoms with van der Waals surface area (Å²) in [7, 11) is 1.33. The fourth-order valence-corrected chi connectivity index (χ4v) is 2.54. The highest BCUT2D eigenvalue weighted by atomic mass is 19.4. The zero-order valence-corrected chi connectivity index (χ0v) is 13.5. The van der Waals surface area contributed by atoms with Crippen molar-refractivity contribution in [3.63, 3.8) is 0 Å². The first-order valence-electron chi connectivity index (χ1n) is 7.33. The highest BCUT2D eigenvalue weighted by Gasteiger charge is 2.31. The molecule has 0 N–H and O–H groups in total. The molecule has 0 aliphatic heterocycles. The van der Waals surface area contributed by atoms with Gasteiger partial charge in [0.05, 0.1) is 12.7 Å². The number of ether oxygens (including phenoxy) is 1. The topological polar surface area (TPSA) is 9.23 Å². The first-order chi connectivity index (χ1) is 11.2. The van der Waals surface area contributed by atoms with Crippen LogP contribution in [0.2, 0.25) is 0 Å². The van der Waals surface area contributed by atoms with E-state index >= 15 is 0 Å². The van der Waals surface area contributed by atoms with Crippen molar-refractivity contribution in [1.82, 2.24) is 0 Å². The van der Waals surface area contributed by atoms with Crippen LogP contribution in [0.3, 0.4) is 0 Å². The number of halogens is 5. The lowest BCUT2D eigenvalue weighted by molar-refractivity contribution is -0.137. The van der Waals surface area contributed by atoms with Gasteiger partial charge in [-0.05, 0) is 40.8 Å². The van der Waals surface area contributed by atoms with Crippen LogP contribution >= 0.6 is 0 Å². The lowest BCUT2D eigenvalue weighted by atomic mass is 9.92. The zero-order chi connectivity index (χ0) is 18.1. The summed E-state index contributed by atoms with van der Waals surface area (Å²) >= 11 is 0. The van der Waals surface area contributed by atoms with E-state index in [0.29, 0.717) is 11.1 Å². The third-order valence-corrected chi connectivity index (χ3v) is 3.81. The molecular weight excluding hydrogens is 327 g/mol. The number of benzene rings is 2. The summed E-state index contributed by atoms with van der Waals surface area (Å²) in [6.07, 6.45) is -4.56. The molecule has 0 aromatic heterocycles. The largest absolute Gasteiger partial charge is 0.496 e. The maximum Gasteiger partial charge on any atom is 0.416 e. The monoisotopic (exact) mass is 344 g/mol. The summed E-state index contributed by atoms with van der Waals surface area (Å²) in [5.41, 5.74) is -0.0442. The lowest BCUT2D eigenvalue weighted by Gasteiger charge is -2.17. The van der Waals surface area contributed by atoms with E-state index in [1.54, 1.807) is 13.8 Å². The highest BCUT2D eigenvalue weighted by Crippen LogP contribution is 2.39. The summed E-state index contributed by atoms with van der Waals surface area (Å²) in [6, 6.07) is 5.52. The SMILES string of the molecule is COc1cc(F)c(C(C)C)cc1-c1ccc(C(F)(F)F)cc1CF.